The first-order valence-corrected chi connectivity index (χ1v) is 3.92. The number of anilines is 1. The Balaban J connectivity index is 2.79. The molecule has 0 aliphatic rings. The number of hydrogen-bond acceptors (Lipinski definition) is 3. The van der Waals surface area contributed by atoms with E-state index in [0.29, 0.717) is 11.7 Å². The third kappa shape index (κ3) is 2.34. The summed E-state index contributed by atoms with van der Waals surface area (Å²) in [6.07, 6.45) is 0. The SMILES string of the molecule is CC(C)Nc1cccc(N=O)c1. The van der Waals surface area contributed by atoms with Gasteiger partial charge in [-0.15, -0.1) is 4.91 Å². The molecule has 0 amide bonds. The summed E-state index contributed by atoms with van der Waals surface area (Å²) in [7, 11) is 0. The molecule has 1 N–H and O–H groups in total. The molecule has 0 atom stereocenters. The predicted molar refractivity (Wildman–Crippen MR) is 50.7 cm³/mol. The van der Waals surface area contributed by atoms with Crippen LogP contribution in [0.2, 0.25) is 0 Å². The molecule has 1 aromatic carbocycles. The van der Waals surface area contributed by atoms with Crippen molar-refractivity contribution in [2.75, 3.05) is 5.32 Å². The Morgan fingerprint density at radius 2 is 2.17 bits per heavy atom. The maximum atomic E-state index is 10.2. The Labute approximate surface area is 71.8 Å². The van der Waals surface area contributed by atoms with Crippen LogP contribution in [0.15, 0.2) is 29.4 Å². The smallest absolute Gasteiger partial charge is 0.110 e. The molecular weight excluding hydrogens is 152 g/mol. The minimum atomic E-state index is 0.368. The minimum Gasteiger partial charge on any atom is -0.383 e. The number of benzene rings is 1. The van der Waals surface area contributed by atoms with Gasteiger partial charge in [0.1, 0.15) is 5.69 Å². The lowest BCUT2D eigenvalue weighted by molar-refractivity contribution is 0.900. The zero-order valence-corrected chi connectivity index (χ0v) is 7.24. The third-order valence-corrected chi connectivity index (χ3v) is 1.41. The molecule has 0 heterocycles. The van der Waals surface area contributed by atoms with Crippen LogP contribution in [0.25, 0.3) is 0 Å². The second kappa shape index (κ2) is 3.85. The molecule has 0 saturated carbocycles. The number of nitrogens with one attached hydrogen (secondary N) is 1. The van der Waals surface area contributed by atoms with Crippen molar-refractivity contribution >= 4 is 11.4 Å². The lowest BCUT2D eigenvalue weighted by Gasteiger charge is -2.08. The van der Waals surface area contributed by atoms with E-state index in [4.69, 9.17) is 0 Å². The molecule has 0 bridgehead atoms. The summed E-state index contributed by atoms with van der Waals surface area (Å²) in [5.41, 5.74) is 1.39. The van der Waals surface area contributed by atoms with Gasteiger partial charge in [-0.2, -0.15) is 0 Å². The second-order valence-corrected chi connectivity index (χ2v) is 2.94. The van der Waals surface area contributed by atoms with E-state index in [0.717, 1.165) is 5.69 Å². The molecule has 3 nitrogen and oxygen atoms in total. The molecule has 3 heteroatoms. The van der Waals surface area contributed by atoms with Crippen molar-refractivity contribution in [3.05, 3.63) is 29.2 Å². The van der Waals surface area contributed by atoms with E-state index >= 15 is 0 Å². The third-order valence-electron chi connectivity index (χ3n) is 1.41. The fourth-order valence-electron chi connectivity index (χ4n) is 0.986. The fraction of sp³-hybridized carbons (Fsp3) is 0.333. The van der Waals surface area contributed by atoms with Gasteiger partial charge in [-0.25, -0.2) is 0 Å². The zero-order chi connectivity index (χ0) is 8.97. The van der Waals surface area contributed by atoms with Crippen molar-refractivity contribution in [2.24, 2.45) is 5.18 Å². The normalized spacial score (nSPS) is 9.92. The van der Waals surface area contributed by atoms with E-state index < -0.39 is 0 Å². The average Bonchev–Trinajstić information content (AvgIpc) is 2.03. The van der Waals surface area contributed by atoms with Gasteiger partial charge in [0, 0.05) is 11.7 Å². The minimum absolute atomic E-state index is 0.368. The van der Waals surface area contributed by atoms with Gasteiger partial charge in [-0.3, -0.25) is 0 Å². The maximum Gasteiger partial charge on any atom is 0.110 e. The molecule has 64 valence electrons. The Hall–Kier alpha value is -1.38. The first-order valence-electron chi connectivity index (χ1n) is 3.92. The maximum absolute atomic E-state index is 10.2. The van der Waals surface area contributed by atoms with Crippen molar-refractivity contribution in [2.45, 2.75) is 19.9 Å². The second-order valence-electron chi connectivity index (χ2n) is 2.94. The lowest BCUT2D eigenvalue weighted by atomic mass is 10.2. The largest absolute Gasteiger partial charge is 0.383 e. The van der Waals surface area contributed by atoms with Crippen LogP contribution < -0.4 is 5.32 Å². The topological polar surface area (TPSA) is 41.5 Å². The van der Waals surface area contributed by atoms with Crippen LogP contribution in [-0.2, 0) is 0 Å². The highest BCUT2D eigenvalue weighted by molar-refractivity contribution is 5.53. The van der Waals surface area contributed by atoms with Gasteiger partial charge in [0.2, 0.25) is 0 Å². The summed E-state index contributed by atoms with van der Waals surface area (Å²) < 4.78 is 0. The van der Waals surface area contributed by atoms with E-state index in [1.807, 2.05) is 19.9 Å². The molecule has 0 fully saturated rings. The monoisotopic (exact) mass is 164 g/mol. The first-order chi connectivity index (χ1) is 5.72. The van der Waals surface area contributed by atoms with Crippen LogP contribution in [0, 0.1) is 4.91 Å². The number of rotatable bonds is 3. The van der Waals surface area contributed by atoms with Gasteiger partial charge >= 0.3 is 0 Å². The van der Waals surface area contributed by atoms with Crippen LogP contribution >= 0.6 is 0 Å². The van der Waals surface area contributed by atoms with Gasteiger partial charge in [0.05, 0.1) is 0 Å². The van der Waals surface area contributed by atoms with Gasteiger partial charge in [0.25, 0.3) is 0 Å². The summed E-state index contributed by atoms with van der Waals surface area (Å²) in [6.45, 7) is 4.09. The lowest BCUT2D eigenvalue weighted by Crippen LogP contribution is -2.09. The number of nitrogens with zero attached hydrogens (tertiary/aromatic N) is 1. The summed E-state index contributed by atoms with van der Waals surface area (Å²) in [4.78, 5) is 10.2. The van der Waals surface area contributed by atoms with Crippen molar-refractivity contribution in [1.29, 1.82) is 0 Å². The number of hydrogen-bond donors (Lipinski definition) is 1. The van der Waals surface area contributed by atoms with Gasteiger partial charge in [-0.1, -0.05) is 6.07 Å². The van der Waals surface area contributed by atoms with E-state index in [2.05, 4.69) is 10.5 Å². The van der Waals surface area contributed by atoms with Crippen LogP contribution in [-0.4, -0.2) is 6.04 Å². The first kappa shape index (κ1) is 8.71. The van der Waals surface area contributed by atoms with E-state index in [9.17, 15) is 4.91 Å². The summed E-state index contributed by atoms with van der Waals surface area (Å²) in [5.74, 6) is 0. The quantitative estimate of drug-likeness (QED) is 0.698. The molecule has 0 aromatic heterocycles. The average molecular weight is 164 g/mol. The molecule has 0 saturated heterocycles. The highest BCUT2D eigenvalue weighted by atomic mass is 16.3. The Kier molecular flexibility index (Phi) is 2.80. The summed E-state index contributed by atoms with van der Waals surface area (Å²) in [6, 6.07) is 7.49. The van der Waals surface area contributed by atoms with Crippen molar-refractivity contribution in [3.63, 3.8) is 0 Å². The highest BCUT2D eigenvalue weighted by Gasteiger charge is 1.96. The molecule has 0 unspecified atom stereocenters. The van der Waals surface area contributed by atoms with Crippen molar-refractivity contribution in [1.82, 2.24) is 0 Å². The Morgan fingerprint density at radius 3 is 2.75 bits per heavy atom. The molecular formula is C9H12N2O. The van der Waals surface area contributed by atoms with Crippen LogP contribution in [0.5, 0.6) is 0 Å². The Bertz CT molecular complexity index is 271. The van der Waals surface area contributed by atoms with Crippen LogP contribution in [0.3, 0.4) is 0 Å². The predicted octanol–water partition coefficient (Wildman–Crippen LogP) is 2.90. The Morgan fingerprint density at radius 1 is 1.42 bits per heavy atom. The summed E-state index contributed by atoms with van der Waals surface area (Å²) >= 11 is 0. The van der Waals surface area contributed by atoms with Crippen molar-refractivity contribution in [3.8, 4) is 0 Å². The molecule has 1 aromatic rings. The molecule has 12 heavy (non-hydrogen) atoms. The molecule has 0 spiro atoms. The molecule has 0 radical (unpaired) electrons. The van der Waals surface area contributed by atoms with Crippen LogP contribution in [0.1, 0.15) is 13.8 Å². The van der Waals surface area contributed by atoms with E-state index in [-0.39, 0.29) is 0 Å². The molecule has 0 aliphatic heterocycles. The zero-order valence-electron chi connectivity index (χ0n) is 7.24. The van der Waals surface area contributed by atoms with Gasteiger partial charge in [0.15, 0.2) is 0 Å². The van der Waals surface area contributed by atoms with Crippen molar-refractivity contribution < 1.29 is 0 Å². The van der Waals surface area contributed by atoms with Crippen LogP contribution in [0.4, 0.5) is 11.4 Å². The summed E-state index contributed by atoms with van der Waals surface area (Å²) in [5, 5.41) is 6.03. The molecule has 1 rings (SSSR count). The van der Waals surface area contributed by atoms with E-state index in [1.54, 1.807) is 18.2 Å². The van der Waals surface area contributed by atoms with Gasteiger partial charge < -0.3 is 5.32 Å². The van der Waals surface area contributed by atoms with E-state index in [1.165, 1.54) is 0 Å². The molecule has 0 aliphatic carbocycles. The van der Waals surface area contributed by atoms with Gasteiger partial charge in [-0.05, 0) is 37.2 Å². The fourth-order valence-corrected chi connectivity index (χ4v) is 0.986. The number of nitroso groups, excluding NO2 is 1. The standard InChI is InChI=1S/C9H12N2O/c1-7(2)10-8-4-3-5-9(6-8)11-12/h3-7,10H,1-2H3. The highest BCUT2D eigenvalue weighted by Crippen LogP contribution is 2.17.